The van der Waals surface area contributed by atoms with Gasteiger partial charge in [0.25, 0.3) is 5.91 Å². The van der Waals surface area contributed by atoms with Crippen LogP contribution in [0.25, 0.3) is 22.7 Å². The Kier molecular flexibility index (Phi) is 5.56. The lowest BCUT2D eigenvalue weighted by Gasteiger charge is -2.37. The van der Waals surface area contributed by atoms with Crippen LogP contribution in [0.1, 0.15) is 45.8 Å². The summed E-state index contributed by atoms with van der Waals surface area (Å²) in [4.78, 5) is 22.6. The number of carbonyl (C=O) groups is 1. The summed E-state index contributed by atoms with van der Waals surface area (Å²) in [6.45, 7) is 7.36. The highest BCUT2D eigenvalue weighted by Gasteiger charge is 2.44. The first-order chi connectivity index (χ1) is 18.9. The molecule has 198 valence electrons. The number of likely N-dealkylation sites (tertiary alicyclic amines) is 1. The van der Waals surface area contributed by atoms with E-state index in [2.05, 4.69) is 39.3 Å². The van der Waals surface area contributed by atoms with Crippen LogP contribution in [0.2, 0.25) is 0 Å². The summed E-state index contributed by atoms with van der Waals surface area (Å²) in [5.74, 6) is 2.03. The lowest BCUT2D eigenvalue weighted by Crippen LogP contribution is -2.42. The molecule has 2 aromatic heterocycles. The number of ether oxygens (including phenoxy) is 1. The molecule has 39 heavy (non-hydrogen) atoms. The molecule has 8 heteroatoms. The number of amides is 1. The number of fused-ring (bicyclic) bond motifs is 3. The molecule has 0 bridgehead atoms. The first-order valence-corrected chi connectivity index (χ1v) is 13.6. The van der Waals surface area contributed by atoms with Crippen molar-refractivity contribution in [1.29, 1.82) is 0 Å². The van der Waals surface area contributed by atoms with Crippen molar-refractivity contribution >= 4 is 11.6 Å². The number of aromatic nitrogens is 3. The van der Waals surface area contributed by atoms with Gasteiger partial charge >= 0.3 is 0 Å². The molecule has 1 fully saturated rings. The van der Waals surface area contributed by atoms with Gasteiger partial charge in [-0.1, -0.05) is 6.07 Å². The molecule has 7 rings (SSSR count). The lowest BCUT2D eigenvalue weighted by atomic mass is 9.74. The molecule has 5 heterocycles. The highest BCUT2D eigenvalue weighted by atomic mass is 16.5. The molecule has 0 N–H and O–H groups in total. The van der Waals surface area contributed by atoms with Gasteiger partial charge in [0.05, 0.1) is 17.9 Å². The Labute approximate surface area is 227 Å². The van der Waals surface area contributed by atoms with Crippen molar-refractivity contribution in [3.8, 4) is 28.5 Å². The van der Waals surface area contributed by atoms with Crippen LogP contribution in [-0.2, 0) is 11.8 Å². The Bertz CT molecular complexity index is 1580. The molecule has 4 aromatic rings. The number of hydrogen-bond donors (Lipinski definition) is 0. The largest absolute Gasteiger partial charge is 0.492 e. The maximum absolute atomic E-state index is 13.7. The predicted molar refractivity (Wildman–Crippen MR) is 148 cm³/mol. The molecule has 3 aliphatic rings. The predicted octanol–water partition coefficient (Wildman–Crippen LogP) is 4.97. The summed E-state index contributed by atoms with van der Waals surface area (Å²) in [6, 6.07) is 14.2. The number of anilines is 1. The van der Waals surface area contributed by atoms with Crippen LogP contribution in [0.4, 0.5) is 5.69 Å². The number of rotatable bonds is 3. The standard InChI is InChI=1S/C31H31N5O3/c1-19-14-22(29-34-33-20(2)39-29)4-6-24(19)26-7-5-23(17-32-26)30(37)36-11-8-21-15-28-25(16-27(21)36)31(18-38-28)9-12-35(3)13-10-31/h4-7,14-17H,8-13,18H2,1-3H3. The maximum Gasteiger partial charge on any atom is 0.259 e. The van der Waals surface area contributed by atoms with E-state index >= 15 is 0 Å². The third-order valence-electron chi connectivity index (χ3n) is 8.63. The van der Waals surface area contributed by atoms with Crippen LogP contribution >= 0.6 is 0 Å². The normalized spacial score (nSPS) is 17.8. The van der Waals surface area contributed by atoms with Gasteiger partial charge in [0.1, 0.15) is 5.75 Å². The van der Waals surface area contributed by atoms with Gasteiger partial charge in [-0.2, -0.15) is 0 Å². The molecule has 3 aliphatic heterocycles. The van der Waals surface area contributed by atoms with Crippen molar-refractivity contribution < 1.29 is 13.9 Å². The second-order valence-corrected chi connectivity index (χ2v) is 11.1. The van der Waals surface area contributed by atoms with E-state index in [1.165, 1.54) is 11.1 Å². The quantitative estimate of drug-likeness (QED) is 0.376. The Morgan fingerprint density at radius 3 is 2.56 bits per heavy atom. The minimum absolute atomic E-state index is 0.0112. The van der Waals surface area contributed by atoms with Crippen LogP contribution in [-0.4, -0.2) is 59.3 Å². The Balaban J connectivity index is 1.13. The SMILES string of the molecule is Cc1nnc(-c2ccc(-c3ccc(C(=O)N4CCc5cc6c(cc54)C4(CCN(C)CC4)CO6)cn3)c(C)c2)o1. The number of pyridine rings is 1. The fourth-order valence-corrected chi connectivity index (χ4v) is 6.25. The second kappa shape index (κ2) is 9.02. The van der Waals surface area contributed by atoms with E-state index in [1.54, 1.807) is 13.1 Å². The average molecular weight is 522 g/mol. The minimum atomic E-state index is -0.0112. The highest BCUT2D eigenvalue weighted by molar-refractivity contribution is 6.07. The summed E-state index contributed by atoms with van der Waals surface area (Å²) in [6.07, 6.45) is 4.70. The van der Waals surface area contributed by atoms with E-state index in [0.29, 0.717) is 23.9 Å². The number of aryl methyl sites for hydroxylation is 2. The Morgan fingerprint density at radius 1 is 1.00 bits per heavy atom. The Hall–Kier alpha value is -4.04. The number of hydrogen-bond acceptors (Lipinski definition) is 7. The molecule has 0 saturated carbocycles. The summed E-state index contributed by atoms with van der Waals surface area (Å²) in [7, 11) is 2.18. The maximum atomic E-state index is 13.7. The molecule has 0 radical (unpaired) electrons. The lowest BCUT2D eigenvalue weighted by molar-refractivity contribution is 0.0989. The monoisotopic (exact) mass is 521 g/mol. The summed E-state index contributed by atoms with van der Waals surface area (Å²) >= 11 is 0. The van der Waals surface area contributed by atoms with Gasteiger partial charge in [0.15, 0.2) is 0 Å². The smallest absolute Gasteiger partial charge is 0.259 e. The van der Waals surface area contributed by atoms with Gasteiger partial charge in [-0.05, 0) is 93.8 Å². The topological polar surface area (TPSA) is 84.6 Å². The third kappa shape index (κ3) is 4.01. The number of nitrogens with zero attached hydrogens (tertiary/aromatic N) is 5. The van der Waals surface area contributed by atoms with Crippen molar-refractivity contribution in [1.82, 2.24) is 20.1 Å². The molecule has 8 nitrogen and oxygen atoms in total. The molecule has 1 amide bonds. The molecular weight excluding hydrogens is 490 g/mol. The first-order valence-electron chi connectivity index (χ1n) is 13.6. The van der Waals surface area contributed by atoms with Crippen LogP contribution < -0.4 is 9.64 Å². The van der Waals surface area contributed by atoms with Crippen LogP contribution in [0.3, 0.4) is 0 Å². The Morgan fingerprint density at radius 2 is 1.85 bits per heavy atom. The third-order valence-corrected chi connectivity index (χ3v) is 8.63. The number of piperidine rings is 1. The summed E-state index contributed by atoms with van der Waals surface area (Å²) in [5, 5.41) is 8.02. The van der Waals surface area contributed by atoms with Crippen molar-refractivity contribution in [3.63, 3.8) is 0 Å². The van der Waals surface area contributed by atoms with E-state index in [-0.39, 0.29) is 11.3 Å². The highest BCUT2D eigenvalue weighted by Crippen LogP contribution is 2.49. The van der Waals surface area contributed by atoms with Crippen LogP contribution in [0.5, 0.6) is 5.75 Å². The van der Waals surface area contributed by atoms with Crippen molar-refractivity contribution in [2.24, 2.45) is 0 Å². The number of benzene rings is 2. The van der Waals surface area contributed by atoms with E-state index in [4.69, 9.17) is 9.15 Å². The zero-order valence-electron chi connectivity index (χ0n) is 22.5. The fraction of sp³-hybridized carbons (Fsp3) is 0.355. The molecule has 1 saturated heterocycles. The first kappa shape index (κ1) is 24.0. The van der Waals surface area contributed by atoms with E-state index < -0.39 is 0 Å². The van der Waals surface area contributed by atoms with Crippen molar-refractivity contribution in [2.45, 2.75) is 38.5 Å². The fourth-order valence-electron chi connectivity index (χ4n) is 6.25. The molecule has 0 unspecified atom stereocenters. The zero-order chi connectivity index (χ0) is 26.7. The van der Waals surface area contributed by atoms with Gasteiger partial charge < -0.3 is 19.0 Å². The van der Waals surface area contributed by atoms with Crippen molar-refractivity contribution in [2.75, 3.05) is 38.2 Å². The number of carbonyl (C=O) groups excluding carboxylic acids is 1. The van der Waals surface area contributed by atoms with Gasteiger partial charge in [-0.15, -0.1) is 10.2 Å². The van der Waals surface area contributed by atoms with Crippen LogP contribution in [0, 0.1) is 13.8 Å². The van der Waals surface area contributed by atoms with Gasteiger partial charge in [0.2, 0.25) is 11.8 Å². The average Bonchev–Trinajstić information content (AvgIpc) is 3.66. The second-order valence-electron chi connectivity index (χ2n) is 11.1. The molecule has 2 aromatic carbocycles. The van der Waals surface area contributed by atoms with Gasteiger partial charge in [-0.25, -0.2) is 0 Å². The van der Waals surface area contributed by atoms with E-state index in [0.717, 1.165) is 72.8 Å². The molecular formula is C31H31N5O3. The summed E-state index contributed by atoms with van der Waals surface area (Å²) in [5.41, 5.74) is 7.87. The van der Waals surface area contributed by atoms with Gasteiger partial charge in [0, 0.05) is 47.5 Å². The van der Waals surface area contributed by atoms with E-state index in [1.807, 2.05) is 42.2 Å². The van der Waals surface area contributed by atoms with Gasteiger partial charge in [-0.3, -0.25) is 9.78 Å². The van der Waals surface area contributed by atoms with E-state index in [9.17, 15) is 4.79 Å². The molecule has 0 aliphatic carbocycles. The molecule has 0 atom stereocenters. The minimum Gasteiger partial charge on any atom is -0.492 e. The van der Waals surface area contributed by atoms with Crippen LogP contribution in [0.15, 0.2) is 53.1 Å². The summed E-state index contributed by atoms with van der Waals surface area (Å²) < 4.78 is 11.7. The molecule has 1 spiro atoms. The zero-order valence-corrected chi connectivity index (χ0v) is 22.5. The van der Waals surface area contributed by atoms with Crippen molar-refractivity contribution in [3.05, 3.63) is 76.8 Å².